The van der Waals surface area contributed by atoms with E-state index in [4.69, 9.17) is 30.8 Å². The number of hydrogen-bond donors (Lipinski definition) is 0. The van der Waals surface area contributed by atoms with Crippen molar-refractivity contribution in [2.45, 2.75) is 82.3 Å². The molecule has 2 aromatic rings. The zero-order valence-corrected chi connectivity index (χ0v) is 26.0. The van der Waals surface area contributed by atoms with Crippen molar-refractivity contribution < 1.29 is 27.8 Å². The smallest absolute Gasteiger partial charge is 0.410 e. The lowest BCUT2D eigenvalue weighted by Crippen LogP contribution is -2.57. The van der Waals surface area contributed by atoms with Crippen LogP contribution in [0.2, 0.25) is 5.02 Å². The van der Waals surface area contributed by atoms with Crippen molar-refractivity contribution in [3.8, 4) is 11.8 Å². The molecule has 4 aliphatic rings. The Kier molecular flexibility index (Phi) is 7.42. The van der Waals surface area contributed by atoms with Crippen molar-refractivity contribution in [1.29, 1.82) is 0 Å². The molecule has 0 N–H and O–H groups in total. The second-order valence-corrected chi connectivity index (χ2v) is 13.7. The zero-order valence-electron chi connectivity index (χ0n) is 23.7. The fourth-order valence-corrected chi connectivity index (χ4v) is 7.65. The summed E-state index contributed by atoms with van der Waals surface area (Å²) in [6.07, 6.45) is 2.59. The molecule has 0 spiro atoms. The Morgan fingerprint density at radius 3 is 2.56 bits per heavy atom. The number of anilines is 1. The molecule has 0 aliphatic carbocycles. The average molecular weight is 659 g/mol. The van der Waals surface area contributed by atoms with E-state index in [1.165, 1.54) is 7.11 Å². The van der Waals surface area contributed by atoms with Gasteiger partial charge in [-0.25, -0.2) is 13.6 Å². The Morgan fingerprint density at radius 2 is 1.90 bits per heavy atom. The van der Waals surface area contributed by atoms with Gasteiger partial charge in [0.15, 0.2) is 11.6 Å². The van der Waals surface area contributed by atoms with Crippen LogP contribution in [0.5, 0.6) is 11.8 Å². The van der Waals surface area contributed by atoms with Crippen molar-refractivity contribution in [1.82, 2.24) is 19.8 Å². The van der Waals surface area contributed by atoms with E-state index in [2.05, 4.69) is 25.8 Å². The Morgan fingerprint density at radius 1 is 1.20 bits per heavy atom. The summed E-state index contributed by atoms with van der Waals surface area (Å²) >= 11 is 9.76. The standard InChI is InChI=1S/C28H35BrClF2N5O4/c1-27(2,3)41-26(38)37-16-6-7-17(37)13-35(12-16)24-18-22(21(32)19(29)20(30)23(18)39-4)33-25(34-24)40-14-28-8-5-9-36(28)11-15(31)10-28/h15-17H,5-14H2,1-4H3/t15-,16?,17?,28+/m1/s1. The summed E-state index contributed by atoms with van der Waals surface area (Å²) in [7, 11) is 1.46. The van der Waals surface area contributed by atoms with E-state index in [0.29, 0.717) is 37.3 Å². The summed E-state index contributed by atoms with van der Waals surface area (Å²) in [4.78, 5) is 28.3. The molecule has 4 saturated heterocycles. The van der Waals surface area contributed by atoms with Crippen LogP contribution in [0.15, 0.2) is 4.47 Å². The molecule has 1 aromatic carbocycles. The number of carbonyl (C=O) groups is 1. The van der Waals surface area contributed by atoms with Crippen molar-refractivity contribution in [3.63, 3.8) is 0 Å². The maximum Gasteiger partial charge on any atom is 0.410 e. The monoisotopic (exact) mass is 657 g/mol. The first kappa shape index (κ1) is 28.9. The summed E-state index contributed by atoms with van der Waals surface area (Å²) in [5, 5.41) is 0.410. The number of carbonyl (C=O) groups excluding carboxylic acids is 1. The molecule has 5 heterocycles. The minimum absolute atomic E-state index is 0.00753. The van der Waals surface area contributed by atoms with Gasteiger partial charge in [-0.2, -0.15) is 9.97 Å². The number of piperazine rings is 1. The van der Waals surface area contributed by atoms with E-state index in [1.807, 2.05) is 30.6 Å². The summed E-state index contributed by atoms with van der Waals surface area (Å²) in [6.45, 7) is 7.91. The minimum Gasteiger partial charge on any atom is -0.494 e. The topological polar surface area (TPSA) is 80.3 Å². The summed E-state index contributed by atoms with van der Waals surface area (Å²) in [5.74, 6) is 0.0153. The highest BCUT2D eigenvalue weighted by molar-refractivity contribution is 9.10. The third-order valence-electron chi connectivity index (χ3n) is 8.71. The Hall–Kier alpha value is -2.18. The quantitative estimate of drug-likeness (QED) is 0.377. The lowest BCUT2D eigenvalue weighted by molar-refractivity contribution is 0.0122. The van der Waals surface area contributed by atoms with Crippen LogP contribution in [0.25, 0.3) is 10.9 Å². The number of benzene rings is 1. The van der Waals surface area contributed by atoms with E-state index in [-0.39, 0.29) is 51.6 Å². The lowest BCUT2D eigenvalue weighted by atomic mass is 9.95. The van der Waals surface area contributed by atoms with E-state index in [0.717, 1.165) is 32.2 Å². The molecule has 2 unspecified atom stereocenters. The van der Waals surface area contributed by atoms with E-state index >= 15 is 4.39 Å². The molecule has 224 valence electrons. The van der Waals surface area contributed by atoms with Gasteiger partial charge in [-0.15, -0.1) is 0 Å². The number of amides is 1. The maximum atomic E-state index is 15.7. The van der Waals surface area contributed by atoms with Gasteiger partial charge in [0.1, 0.15) is 34.7 Å². The summed E-state index contributed by atoms with van der Waals surface area (Å²) in [5.41, 5.74) is -1.00. The second-order valence-electron chi connectivity index (χ2n) is 12.6. The summed E-state index contributed by atoms with van der Waals surface area (Å²) in [6, 6.07) is -0.204. The van der Waals surface area contributed by atoms with Crippen LogP contribution in [0.4, 0.5) is 19.4 Å². The van der Waals surface area contributed by atoms with Gasteiger partial charge >= 0.3 is 12.1 Å². The Balaban J connectivity index is 1.37. The van der Waals surface area contributed by atoms with Crippen LogP contribution in [-0.2, 0) is 4.74 Å². The van der Waals surface area contributed by atoms with Crippen molar-refractivity contribution >= 4 is 50.3 Å². The largest absolute Gasteiger partial charge is 0.494 e. The first-order valence-electron chi connectivity index (χ1n) is 14.1. The number of rotatable bonds is 5. The molecule has 0 radical (unpaired) electrons. The Bertz CT molecular complexity index is 1370. The maximum absolute atomic E-state index is 15.7. The fourth-order valence-electron chi connectivity index (χ4n) is 7.03. The minimum atomic E-state index is -0.900. The van der Waals surface area contributed by atoms with Gasteiger partial charge in [0.2, 0.25) is 0 Å². The van der Waals surface area contributed by atoms with Gasteiger partial charge < -0.3 is 19.1 Å². The van der Waals surface area contributed by atoms with E-state index in [9.17, 15) is 9.18 Å². The van der Waals surface area contributed by atoms with Gasteiger partial charge in [-0.1, -0.05) is 11.6 Å². The SMILES string of the molecule is COc1c(Cl)c(Br)c(F)c2nc(OC[C@@]34CCCN3C[C@H](F)C4)nc(N3CC4CCC(C3)N4C(=O)OC(C)(C)C)c12. The fraction of sp³-hybridized carbons (Fsp3) is 0.679. The van der Waals surface area contributed by atoms with E-state index in [1.54, 1.807) is 0 Å². The predicted molar refractivity (Wildman–Crippen MR) is 154 cm³/mol. The van der Waals surface area contributed by atoms with Crippen LogP contribution >= 0.6 is 27.5 Å². The molecular weight excluding hydrogens is 624 g/mol. The number of methoxy groups -OCH3 is 1. The highest BCUT2D eigenvalue weighted by Crippen LogP contribution is 2.46. The van der Waals surface area contributed by atoms with Crippen LogP contribution < -0.4 is 14.4 Å². The number of alkyl halides is 1. The molecule has 6 rings (SSSR count). The molecule has 4 aliphatic heterocycles. The molecule has 41 heavy (non-hydrogen) atoms. The van der Waals surface area contributed by atoms with Gasteiger partial charge in [0.05, 0.1) is 34.6 Å². The second kappa shape index (κ2) is 10.5. The predicted octanol–water partition coefficient (Wildman–Crippen LogP) is 5.74. The molecule has 2 bridgehead atoms. The first-order chi connectivity index (χ1) is 19.4. The van der Waals surface area contributed by atoms with Crippen LogP contribution in [0, 0.1) is 5.82 Å². The van der Waals surface area contributed by atoms with Crippen molar-refractivity contribution in [2.75, 3.05) is 44.8 Å². The molecule has 13 heteroatoms. The Labute approximate surface area is 251 Å². The molecule has 0 saturated carbocycles. The third-order valence-corrected chi connectivity index (χ3v) is 10.0. The van der Waals surface area contributed by atoms with Gasteiger partial charge in [0.25, 0.3) is 0 Å². The first-order valence-corrected chi connectivity index (χ1v) is 15.3. The molecule has 4 atom stereocenters. The number of halogens is 4. The number of fused-ring (bicyclic) bond motifs is 4. The van der Waals surface area contributed by atoms with Gasteiger partial charge in [0, 0.05) is 26.1 Å². The van der Waals surface area contributed by atoms with Crippen molar-refractivity contribution in [2.24, 2.45) is 0 Å². The van der Waals surface area contributed by atoms with Gasteiger partial charge in [-0.05, 0) is 68.9 Å². The zero-order chi connectivity index (χ0) is 29.3. The molecule has 1 amide bonds. The average Bonchev–Trinajstić information content (AvgIpc) is 3.52. The van der Waals surface area contributed by atoms with Crippen LogP contribution in [0.3, 0.4) is 0 Å². The molecule has 9 nitrogen and oxygen atoms in total. The molecular formula is C28H35BrClF2N5O4. The van der Waals surface area contributed by atoms with Crippen LogP contribution in [-0.4, -0.2) is 95.2 Å². The molecule has 4 fully saturated rings. The highest BCUT2D eigenvalue weighted by Gasteiger charge is 2.50. The van der Waals surface area contributed by atoms with Crippen molar-refractivity contribution in [3.05, 3.63) is 15.3 Å². The summed E-state index contributed by atoms with van der Waals surface area (Å²) < 4.78 is 47.6. The highest BCUT2D eigenvalue weighted by atomic mass is 79.9. The number of hydrogen-bond acceptors (Lipinski definition) is 8. The van der Waals surface area contributed by atoms with Crippen LogP contribution in [0.1, 0.15) is 52.9 Å². The van der Waals surface area contributed by atoms with Gasteiger partial charge in [-0.3, -0.25) is 9.80 Å². The normalized spacial score (nSPS) is 28.0. The third kappa shape index (κ3) is 5.07. The lowest BCUT2D eigenvalue weighted by Gasteiger charge is -2.42. The number of ether oxygens (including phenoxy) is 3. The molecule has 1 aromatic heterocycles. The number of aromatic nitrogens is 2. The number of nitrogens with zero attached hydrogens (tertiary/aromatic N) is 5. The van der Waals surface area contributed by atoms with E-state index < -0.39 is 23.1 Å².